The van der Waals surface area contributed by atoms with Crippen LogP contribution in [0.5, 0.6) is 5.75 Å². The number of methoxy groups -OCH3 is 1. The first-order chi connectivity index (χ1) is 9.69. The van der Waals surface area contributed by atoms with Crippen LogP contribution in [-0.2, 0) is 4.74 Å². The van der Waals surface area contributed by atoms with Crippen LogP contribution in [0.15, 0.2) is 22.7 Å². The number of amides is 1. The van der Waals surface area contributed by atoms with E-state index in [1.807, 2.05) is 0 Å². The Labute approximate surface area is 129 Å². The van der Waals surface area contributed by atoms with Crippen LogP contribution in [0.3, 0.4) is 0 Å². The van der Waals surface area contributed by atoms with Crippen molar-refractivity contribution in [1.29, 1.82) is 0 Å². The van der Waals surface area contributed by atoms with E-state index in [-0.39, 0.29) is 5.91 Å². The van der Waals surface area contributed by atoms with Crippen LogP contribution in [-0.4, -0.2) is 32.8 Å². The van der Waals surface area contributed by atoms with Gasteiger partial charge < -0.3 is 14.8 Å². The summed E-state index contributed by atoms with van der Waals surface area (Å²) in [5, 5.41) is 2.87. The van der Waals surface area contributed by atoms with Gasteiger partial charge in [0.15, 0.2) is 0 Å². The number of benzene rings is 1. The molecule has 0 aliphatic rings. The summed E-state index contributed by atoms with van der Waals surface area (Å²) >= 11 is 3.37. The second kappa shape index (κ2) is 9.77. The van der Waals surface area contributed by atoms with Crippen molar-refractivity contribution in [1.82, 2.24) is 5.32 Å². The first kappa shape index (κ1) is 17.0. The van der Waals surface area contributed by atoms with E-state index in [1.54, 1.807) is 25.3 Å². The fourth-order valence-corrected chi connectivity index (χ4v) is 2.17. The zero-order chi connectivity index (χ0) is 14.8. The molecule has 0 unspecified atom stereocenters. The van der Waals surface area contributed by atoms with Crippen molar-refractivity contribution in [2.45, 2.75) is 26.2 Å². The summed E-state index contributed by atoms with van der Waals surface area (Å²) in [7, 11) is 1.60. The predicted octanol–water partition coefficient (Wildman–Crippen LogP) is 3.39. The Morgan fingerprint density at radius 1 is 1.30 bits per heavy atom. The molecule has 4 nitrogen and oxygen atoms in total. The molecule has 0 heterocycles. The normalized spacial score (nSPS) is 10.3. The van der Waals surface area contributed by atoms with E-state index in [0.717, 1.165) is 30.3 Å². The second-order valence-electron chi connectivity index (χ2n) is 4.42. The fourth-order valence-electron chi connectivity index (χ4n) is 1.63. The molecule has 112 valence electrons. The van der Waals surface area contributed by atoms with E-state index >= 15 is 0 Å². The molecule has 1 aromatic carbocycles. The van der Waals surface area contributed by atoms with Gasteiger partial charge in [-0.2, -0.15) is 0 Å². The SMILES string of the molecule is CCCCOCCCNC(=O)c1ccc(OC)c(Br)c1. The van der Waals surface area contributed by atoms with Gasteiger partial charge in [0.05, 0.1) is 11.6 Å². The maximum Gasteiger partial charge on any atom is 0.251 e. The van der Waals surface area contributed by atoms with E-state index < -0.39 is 0 Å². The number of ether oxygens (including phenoxy) is 2. The van der Waals surface area contributed by atoms with Crippen LogP contribution < -0.4 is 10.1 Å². The minimum Gasteiger partial charge on any atom is -0.496 e. The summed E-state index contributed by atoms with van der Waals surface area (Å²) in [6.07, 6.45) is 3.06. The van der Waals surface area contributed by atoms with Crippen LogP contribution in [0.2, 0.25) is 0 Å². The third kappa shape index (κ3) is 5.92. The lowest BCUT2D eigenvalue weighted by atomic mass is 10.2. The molecule has 1 N–H and O–H groups in total. The zero-order valence-electron chi connectivity index (χ0n) is 12.1. The maximum atomic E-state index is 11.9. The fraction of sp³-hybridized carbons (Fsp3) is 0.533. The molecule has 1 amide bonds. The topological polar surface area (TPSA) is 47.6 Å². The van der Waals surface area contributed by atoms with Gasteiger partial charge in [0, 0.05) is 25.3 Å². The van der Waals surface area contributed by atoms with Crippen molar-refractivity contribution < 1.29 is 14.3 Å². The minimum atomic E-state index is -0.0816. The van der Waals surface area contributed by atoms with Crippen LogP contribution in [0.25, 0.3) is 0 Å². The molecule has 0 saturated carbocycles. The lowest BCUT2D eigenvalue weighted by molar-refractivity contribution is 0.0940. The summed E-state index contributed by atoms with van der Waals surface area (Å²) < 4.78 is 11.3. The molecule has 1 aromatic rings. The van der Waals surface area contributed by atoms with Crippen molar-refractivity contribution in [2.24, 2.45) is 0 Å². The van der Waals surface area contributed by atoms with Crippen LogP contribution in [0.4, 0.5) is 0 Å². The summed E-state index contributed by atoms with van der Waals surface area (Å²) in [5.41, 5.74) is 0.615. The first-order valence-corrected chi connectivity index (χ1v) is 7.67. The number of carbonyl (C=O) groups is 1. The van der Waals surface area contributed by atoms with Gasteiger partial charge in [0.25, 0.3) is 5.91 Å². The van der Waals surface area contributed by atoms with Crippen molar-refractivity contribution in [3.05, 3.63) is 28.2 Å². The molecule has 1 rings (SSSR count). The van der Waals surface area contributed by atoms with E-state index in [4.69, 9.17) is 9.47 Å². The van der Waals surface area contributed by atoms with Gasteiger partial charge in [-0.25, -0.2) is 0 Å². The predicted molar refractivity (Wildman–Crippen MR) is 83.4 cm³/mol. The molecule has 0 bridgehead atoms. The van der Waals surface area contributed by atoms with Gasteiger partial charge in [-0.3, -0.25) is 4.79 Å². The number of rotatable bonds is 9. The number of hydrogen-bond donors (Lipinski definition) is 1. The van der Waals surface area contributed by atoms with Crippen LogP contribution in [0, 0.1) is 0 Å². The highest BCUT2D eigenvalue weighted by atomic mass is 79.9. The number of carbonyl (C=O) groups excluding carboxylic acids is 1. The van der Waals surface area contributed by atoms with Gasteiger partial charge >= 0.3 is 0 Å². The summed E-state index contributed by atoms with van der Waals surface area (Å²) in [5.74, 6) is 0.632. The molecule has 0 aliphatic heterocycles. The van der Waals surface area contributed by atoms with Crippen molar-refractivity contribution in [3.8, 4) is 5.75 Å². The van der Waals surface area contributed by atoms with Gasteiger partial charge in [-0.1, -0.05) is 13.3 Å². The Hall–Kier alpha value is -1.07. The molecule has 5 heteroatoms. The lowest BCUT2D eigenvalue weighted by Crippen LogP contribution is -2.25. The highest BCUT2D eigenvalue weighted by Crippen LogP contribution is 2.25. The highest BCUT2D eigenvalue weighted by molar-refractivity contribution is 9.10. The number of halogens is 1. The molecule has 0 saturated heterocycles. The first-order valence-electron chi connectivity index (χ1n) is 6.88. The standard InChI is InChI=1S/C15H22BrNO3/c1-3-4-9-20-10-5-8-17-15(18)12-6-7-14(19-2)13(16)11-12/h6-7,11H,3-5,8-10H2,1-2H3,(H,17,18). The summed E-state index contributed by atoms with van der Waals surface area (Å²) in [4.78, 5) is 11.9. The van der Waals surface area contributed by atoms with Crippen LogP contribution >= 0.6 is 15.9 Å². The molecule has 0 fully saturated rings. The third-order valence-electron chi connectivity index (χ3n) is 2.81. The second-order valence-corrected chi connectivity index (χ2v) is 5.28. The molecular weight excluding hydrogens is 322 g/mol. The lowest BCUT2D eigenvalue weighted by Gasteiger charge is -2.08. The number of hydrogen-bond acceptors (Lipinski definition) is 3. The quantitative estimate of drug-likeness (QED) is 0.699. The molecular formula is C15H22BrNO3. The van der Waals surface area contributed by atoms with Crippen LogP contribution in [0.1, 0.15) is 36.5 Å². The van der Waals surface area contributed by atoms with Gasteiger partial charge in [-0.15, -0.1) is 0 Å². The Kier molecular flexibility index (Phi) is 8.30. The molecule has 0 aliphatic carbocycles. The molecule has 0 atom stereocenters. The zero-order valence-corrected chi connectivity index (χ0v) is 13.7. The van der Waals surface area contributed by atoms with E-state index in [9.17, 15) is 4.79 Å². The molecule has 0 aromatic heterocycles. The summed E-state index contributed by atoms with van der Waals surface area (Å²) in [6.45, 7) is 4.24. The number of unbranched alkanes of at least 4 members (excludes halogenated alkanes) is 1. The number of nitrogens with one attached hydrogen (secondary N) is 1. The van der Waals surface area contributed by atoms with Gasteiger partial charge in [-0.05, 0) is 47.0 Å². The largest absolute Gasteiger partial charge is 0.496 e. The van der Waals surface area contributed by atoms with Crippen molar-refractivity contribution >= 4 is 21.8 Å². The summed E-state index contributed by atoms with van der Waals surface area (Å²) in [6, 6.07) is 5.27. The third-order valence-corrected chi connectivity index (χ3v) is 3.43. The van der Waals surface area contributed by atoms with Gasteiger partial charge in [0.1, 0.15) is 5.75 Å². The van der Waals surface area contributed by atoms with E-state index in [0.29, 0.717) is 24.5 Å². The molecule has 0 spiro atoms. The average molecular weight is 344 g/mol. The van der Waals surface area contributed by atoms with Crippen molar-refractivity contribution in [3.63, 3.8) is 0 Å². The highest BCUT2D eigenvalue weighted by Gasteiger charge is 2.08. The maximum absolute atomic E-state index is 11.9. The smallest absolute Gasteiger partial charge is 0.251 e. The minimum absolute atomic E-state index is 0.0816. The Morgan fingerprint density at radius 3 is 2.70 bits per heavy atom. The monoisotopic (exact) mass is 343 g/mol. The molecule has 0 radical (unpaired) electrons. The van der Waals surface area contributed by atoms with Gasteiger partial charge in [0.2, 0.25) is 0 Å². The Bertz CT molecular complexity index is 424. The van der Waals surface area contributed by atoms with E-state index in [1.165, 1.54) is 0 Å². The Balaban J connectivity index is 2.27. The Morgan fingerprint density at radius 2 is 2.05 bits per heavy atom. The average Bonchev–Trinajstić information content (AvgIpc) is 2.46. The van der Waals surface area contributed by atoms with Crippen molar-refractivity contribution in [2.75, 3.05) is 26.9 Å². The molecule has 20 heavy (non-hydrogen) atoms. The van der Waals surface area contributed by atoms with E-state index in [2.05, 4.69) is 28.2 Å².